The van der Waals surface area contributed by atoms with Gasteiger partial charge in [-0.1, -0.05) is 6.07 Å². The number of benzene rings is 1. The Bertz CT molecular complexity index is 484. The molecule has 1 unspecified atom stereocenters. The molecule has 0 nitrogen and oxygen atoms in total. The van der Waals surface area contributed by atoms with E-state index in [2.05, 4.69) is 0 Å². The standard InChI is InChI=1S/C13H12ClFS/c1-8-5-10(7-11(15)6-8)13(14)12-4-3-9(2)16-12/h3-7,13H,1-2H3. The second-order valence-electron chi connectivity index (χ2n) is 3.87. The zero-order valence-electron chi connectivity index (χ0n) is 9.13. The average molecular weight is 255 g/mol. The Morgan fingerprint density at radius 3 is 2.50 bits per heavy atom. The Hall–Kier alpha value is -0.860. The Kier molecular flexibility index (Phi) is 3.31. The van der Waals surface area contributed by atoms with Gasteiger partial charge in [0.15, 0.2) is 0 Å². The topological polar surface area (TPSA) is 0 Å². The van der Waals surface area contributed by atoms with Crippen molar-refractivity contribution in [2.75, 3.05) is 0 Å². The van der Waals surface area contributed by atoms with Gasteiger partial charge in [0.2, 0.25) is 0 Å². The summed E-state index contributed by atoms with van der Waals surface area (Å²) in [5.41, 5.74) is 1.72. The summed E-state index contributed by atoms with van der Waals surface area (Å²) in [6.45, 7) is 3.91. The van der Waals surface area contributed by atoms with E-state index >= 15 is 0 Å². The summed E-state index contributed by atoms with van der Waals surface area (Å²) in [5, 5.41) is -0.256. The molecular formula is C13H12ClFS. The minimum atomic E-state index is -0.256. The molecule has 0 aliphatic carbocycles. The summed E-state index contributed by atoms with van der Waals surface area (Å²) in [4.78, 5) is 2.28. The van der Waals surface area contributed by atoms with Crippen molar-refractivity contribution < 1.29 is 4.39 Å². The monoisotopic (exact) mass is 254 g/mol. The molecular weight excluding hydrogens is 243 g/mol. The van der Waals surface area contributed by atoms with Gasteiger partial charge in [-0.25, -0.2) is 4.39 Å². The molecule has 0 saturated carbocycles. The van der Waals surface area contributed by atoms with Gasteiger partial charge in [0.1, 0.15) is 5.82 Å². The number of aryl methyl sites for hydroxylation is 2. The van der Waals surface area contributed by atoms with E-state index in [9.17, 15) is 4.39 Å². The summed E-state index contributed by atoms with van der Waals surface area (Å²) in [5.74, 6) is -0.228. The molecule has 2 rings (SSSR count). The number of halogens is 2. The van der Waals surface area contributed by atoms with Crippen molar-refractivity contribution in [3.05, 3.63) is 57.0 Å². The minimum Gasteiger partial charge on any atom is -0.207 e. The largest absolute Gasteiger partial charge is 0.207 e. The van der Waals surface area contributed by atoms with Crippen LogP contribution in [0.25, 0.3) is 0 Å². The van der Waals surface area contributed by atoms with Crippen molar-refractivity contribution in [1.82, 2.24) is 0 Å². The van der Waals surface area contributed by atoms with Crippen LogP contribution in [0.2, 0.25) is 0 Å². The molecule has 0 fully saturated rings. The van der Waals surface area contributed by atoms with Crippen LogP contribution in [0.5, 0.6) is 0 Å². The normalized spacial score (nSPS) is 12.8. The van der Waals surface area contributed by atoms with Gasteiger partial charge < -0.3 is 0 Å². The van der Waals surface area contributed by atoms with Gasteiger partial charge >= 0.3 is 0 Å². The summed E-state index contributed by atoms with van der Waals surface area (Å²) >= 11 is 7.98. The molecule has 16 heavy (non-hydrogen) atoms. The maximum atomic E-state index is 13.3. The molecule has 1 atom stereocenters. The van der Waals surface area contributed by atoms with Gasteiger partial charge in [0.25, 0.3) is 0 Å². The van der Waals surface area contributed by atoms with Gasteiger partial charge in [-0.05, 0) is 49.2 Å². The van der Waals surface area contributed by atoms with Crippen molar-refractivity contribution in [1.29, 1.82) is 0 Å². The second kappa shape index (κ2) is 4.56. The Morgan fingerprint density at radius 1 is 1.19 bits per heavy atom. The SMILES string of the molecule is Cc1cc(F)cc(C(Cl)c2ccc(C)s2)c1. The third-order valence-electron chi connectivity index (χ3n) is 2.37. The molecule has 1 aromatic carbocycles. The van der Waals surface area contributed by atoms with Crippen molar-refractivity contribution in [2.24, 2.45) is 0 Å². The molecule has 0 bridgehead atoms. The first kappa shape index (κ1) is 11.6. The molecule has 2 aromatic rings. The lowest BCUT2D eigenvalue weighted by molar-refractivity contribution is 0.624. The van der Waals surface area contributed by atoms with Crippen molar-refractivity contribution in [3.63, 3.8) is 0 Å². The van der Waals surface area contributed by atoms with Crippen molar-refractivity contribution in [3.8, 4) is 0 Å². The average Bonchev–Trinajstić information content (AvgIpc) is 2.62. The van der Waals surface area contributed by atoms with E-state index in [1.165, 1.54) is 17.0 Å². The lowest BCUT2D eigenvalue weighted by Crippen LogP contribution is -1.92. The molecule has 1 heterocycles. The van der Waals surface area contributed by atoms with E-state index in [1.54, 1.807) is 11.3 Å². The minimum absolute atomic E-state index is 0.228. The molecule has 0 N–H and O–H groups in total. The van der Waals surface area contributed by atoms with Gasteiger partial charge in [-0.15, -0.1) is 22.9 Å². The lowest BCUT2D eigenvalue weighted by Gasteiger charge is -2.08. The van der Waals surface area contributed by atoms with Crippen LogP contribution < -0.4 is 0 Å². The molecule has 3 heteroatoms. The molecule has 0 radical (unpaired) electrons. The summed E-state index contributed by atoms with van der Waals surface area (Å²) in [6, 6.07) is 8.96. The second-order valence-corrected chi connectivity index (χ2v) is 5.63. The molecule has 0 aliphatic heterocycles. The molecule has 0 aliphatic rings. The number of hydrogen-bond acceptors (Lipinski definition) is 1. The highest BCUT2D eigenvalue weighted by Gasteiger charge is 2.13. The van der Waals surface area contributed by atoms with E-state index in [-0.39, 0.29) is 11.2 Å². The maximum absolute atomic E-state index is 13.3. The molecule has 0 spiro atoms. The fraction of sp³-hybridized carbons (Fsp3) is 0.231. The predicted molar refractivity (Wildman–Crippen MR) is 67.9 cm³/mol. The number of thiophene rings is 1. The lowest BCUT2D eigenvalue weighted by atomic mass is 10.1. The van der Waals surface area contributed by atoms with E-state index in [0.29, 0.717) is 0 Å². The van der Waals surface area contributed by atoms with E-state index in [1.807, 2.05) is 32.0 Å². The Balaban J connectivity index is 2.37. The van der Waals surface area contributed by atoms with E-state index in [4.69, 9.17) is 11.6 Å². The summed E-state index contributed by atoms with van der Waals surface area (Å²) < 4.78 is 13.3. The number of alkyl halides is 1. The highest BCUT2D eigenvalue weighted by atomic mass is 35.5. The number of rotatable bonds is 2. The molecule has 1 aromatic heterocycles. The number of hydrogen-bond donors (Lipinski definition) is 0. The van der Waals surface area contributed by atoms with Crippen molar-refractivity contribution >= 4 is 22.9 Å². The van der Waals surface area contributed by atoms with E-state index in [0.717, 1.165) is 16.0 Å². The van der Waals surface area contributed by atoms with Crippen LogP contribution in [0.15, 0.2) is 30.3 Å². The first-order valence-corrected chi connectivity index (χ1v) is 6.29. The van der Waals surface area contributed by atoms with Crippen LogP contribution in [0, 0.1) is 19.7 Å². The third-order valence-corrected chi connectivity index (χ3v) is 4.05. The van der Waals surface area contributed by atoms with Crippen LogP contribution in [0.4, 0.5) is 4.39 Å². The van der Waals surface area contributed by atoms with Gasteiger partial charge in [0.05, 0.1) is 5.38 Å². The zero-order chi connectivity index (χ0) is 11.7. The van der Waals surface area contributed by atoms with Gasteiger partial charge in [0, 0.05) is 9.75 Å². The third kappa shape index (κ3) is 2.45. The molecule has 84 valence electrons. The predicted octanol–water partition coefficient (Wildman–Crippen LogP) is 4.83. The smallest absolute Gasteiger partial charge is 0.123 e. The summed E-state index contributed by atoms with van der Waals surface area (Å²) in [7, 11) is 0. The highest BCUT2D eigenvalue weighted by molar-refractivity contribution is 7.12. The summed E-state index contributed by atoms with van der Waals surface area (Å²) in [6.07, 6.45) is 0. The van der Waals surface area contributed by atoms with Gasteiger partial charge in [-0.2, -0.15) is 0 Å². The van der Waals surface area contributed by atoms with Crippen LogP contribution in [0.3, 0.4) is 0 Å². The van der Waals surface area contributed by atoms with Crippen LogP contribution in [0.1, 0.15) is 26.3 Å². The zero-order valence-corrected chi connectivity index (χ0v) is 10.7. The Labute approximate surface area is 104 Å². The van der Waals surface area contributed by atoms with Crippen LogP contribution in [-0.2, 0) is 0 Å². The van der Waals surface area contributed by atoms with E-state index < -0.39 is 0 Å². The molecule has 0 amide bonds. The van der Waals surface area contributed by atoms with Crippen LogP contribution in [-0.4, -0.2) is 0 Å². The molecule has 0 saturated heterocycles. The van der Waals surface area contributed by atoms with Crippen molar-refractivity contribution in [2.45, 2.75) is 19.2 Å². The quantitative estimate of drug-likeness (QED) is 0.673. The fourth-order valence-electron chi connectivity index (χ4n) is 1.66. The Morgan fingerprint density at radius 2 is 1.94 bits per heavy atom. The first-order valence-electron chi connectivity index (χ1n) is 5.04. The maximum Gasteiger partial charge on any atom is 0.123 e. The first-order chi connectivity index (χ1) is 7.56. The fourth-order valence-corrected chi connectivity index (χ4v) is 2.88. The highest BCUT2D eigenvalue weighted by Crippen LogP contribution is 2.34. The van der Waals surface area contributed by atoms with Crippen LogP contribution >= 0.6 is 22.9 Å². The van der Waals surface area contributed by atoms with Gasteiger partial charge in [-0.3, -0.25) is 0 Å².